The minimum absolute atomic E-state index is 0.0516. The fourth-order valence-corrected chi connectivity index (χ4v) is 2.80. The summed E-state index contributed by atoms with van der Waals surface area (Å²) in [5, 5.41) is 8.91. The largest absolute Gasteiger partial charge is 0.480 e. The standard InChI is InChI=1S/C13H21NO4/c1-7-8(2)18-9(3)12(7)13(17)14(6-11(15)16)10-4-5-10/h7-10,12H,4-6H2,1-3H3,(H,15,16). The van der Waals surface area contributed by atoms with E-state index < -0.39 is 5.97 Å². The molecule has 4 unspecified atom stereocenters. The number of aliphatic carboxylic acids is 1. The van der Waals surface area contributed by atoms with Crippen LogP contribution in [-0.2, 0) is 14.3 Å². The summed E-state index contributed by atoms with van der Waals surface area (Å²) in [6.45, 7) is 5.68. The second-order valence-electron chi connectivity index (χ2n) is 5.52. The Labute approximate surface area is 107 Å². The highest BCUT2D eigenvalue weighted by atomic mass is 16.5. The van der Waals surface area contributed by atoms with Gasteiger partial charge in [-0.1, -0.05) is 6.92 Å². The highest BCUT2D eigenvalue weighted by Crippen LogP contribution is 2.36. The molecule has 0 aromatic rings. The molecule has 2 fully saturated rings. The zero-order valence-electron chi connectivity index (χ0n) is 11.1. The van der Waals surface area contributed by atoms with Crippen molar-refractivity contribution in [1.29, 1.82) is 0 Å². The van der Waals surface area contributed by atoms with Gasteiger partial charge in [0.15, 0.2) is 0 Å². The van der Waals surface area contributed by atoms with Crippen LogP contribution < -0.4 is 0 Å². The fraction of sp³-hybridized carbons (Fsp3) is 0.846. The first-order valence-corrected chi connectivity index (χ1v) is 6.59. The van der Waals surface area contributed by atoms with Crippen LogP contribution in [0.5, 0.6) is 0 Å². The van der Waals surface area contributed by atoms with Gasteiger partial charge in [0.25, 0.3) is 0 Å². The summed E-state index contributed by atoms with van der Waals surface area (Å²) in [6, 6.07) is 0.129. The number of hydrogen-bond donors (Lipinski definition) is 1. The van der Waals surface area contributed by atoms with Gasteiger partial charge in [-0.15, -0.1) is 0 Å². The highest BCUT2D eigenvalue weighted by Gasteiger charge is 2.46. The second kappa shape index (κ2) is 4.88. The first-order valence-electron chi connectivity index (χ1n) is 6.59. The molecule has 5 heteroatoms. The Morgan fingerprint density at radius 3 is 2.22 bits per heavy atom. The average Bonchev–Trinajstić information content (AvgIpc) is 3.05. The number of rotatable bonds is 4. The number of carbonyl (C=O) groups excluding carboxylic acids is 1. The van der Waals surface area contributed by atoms with Crippen LogP contribution in [0.4, 0.5) is 0 Å². The van der Waals surface area contributed by atoms with Crippen LogP contribution in [0.15, 0.2) is 0 Å². The third kappa shape index (κ3) is 2.51. The molecular weight excluding hydrogens is 234 g/mol. The predicted molar refractivity (Wildman–Crippen MR) is 65.0 cm³/mol. The summed E-state index contributed by atoms with van der Waals surface area (Å²) in [6.07, 6.45) is 1.77. The highest BCUT2D eigenvalue weighted by molar-refractivity contribution is 5.84. The summed E-state index contributed by atoms with van der Waals surface area (Å²) >= 11 is 0. The number of amides is 1. The lowest BCUT2D eigenvalue weighted by Gasteiger charge is -2.27. The average molecular weight is 255 g/mol. The van der Waals surface area contributed by atoms with Crippen molar-refractivity contribution in [3.05, 3.63) is 0 Å². The van der Waals surface area contributed by atoms with E-state index in [0.717, 1.165) is 12.8 Å². The van der Waals surface area contributed by atoms with Gasteiger partial charge in [-0.25, -0.2) is 0 Å². The van der Waals surface area contributed by atoms with Gasteiger partial charge in [0.2, 0.25) is 5.91 Å². The maximum Gasteiger partial charge on any atom is 0.323 e. The number of hydrogen-bond acceptors (Lipinski definition) is 3. The summed E-state index contributed by atoms with van der Waals surface area (Å²) in [4.78, 5) is 24.9. The van der Waals surface area contributed by atoms with Gasteiger partial charge in [-0.05, 0) is 32.6 Å². The molecule has 102 valence electrons. The van der Waals surface area contributed by atoms with E-state index in [9.17, 15) is 9.59 Å². The normalized spacial score (nSPS) is 35.5. The van der Waals surface area contributed by atoms with E-state index in [1.54, 1.807) is 0 Å². The summed E-state index contributed by atoms with van der Waals surface area (Å²) in [5.41, 5.74) is 0. The first-order chi connectivity index (χ1) is 8.41. The number of carboxylic acids is 1. The number of carbonyl (C=O) groups is 2. The van der Waals surface area contributed by atoms with E-state index in [-0.39, 0.29) is 42.5 Å². The molecule has 1 aliphatic heterocycles. The van der Waals surface area contributed by atoms with Crippen molar-refractivity contribution >= 4 is 11.9 Å². The van der Waals surface area contributed by atoms with E-state index in [2.05, 4.69) is 0 Å². The molecule has 0 bridgehead atoms. The lowest BCUT2D eigenvalue weighted by Crippen LogP contribution is -2.44. The van der Waals surface area contributed by atoms with Crippen molar-refractivity contribution < 1.29 is 19.4 Å². The summed E-state index contributed by atoms with van der Waals surface area (Å²) in [5.74, 6) is -1.06. The molecule has 1 aliphatic carbocycles. The van der Waals surface area contributed by atoms with E-state index in [1.807, 2.05) is 20.8 Å². The van der Waals surface area contributed by atoms with Crippen molar-refractivity contribution in [1.82, 2.24) is 4.90 Å². The second-order valence-corrected chi connectivity index (χ2v) is 5.52. The molecule has 1 heterocycles. The maximum atomic E-state index is 12.5. The van der Waals surface area contributed by atoms with Crippen molar-refractivity contribution in [3.8, 4) is 0 Å². The third-order valence-electron chi connectivity index (χ3n) is 4.10. The topological polar surface area (TPSA) is 66.8 Å². The van der Waals surface area contributed by atoms with Crippen LogP contribution in [0.3, 0.4) is 0 Å². The number of carboxylic acid groups (broad SMARTS) is 1. The SMILES string of the molecule is CC1OC(C)C(C(=O)N(CC(=O)O)C2CC2)C1C. The van der Waals surface area contributed by atoms with Crippen molar-refractivity contribution in [3.63, 3.8) is 0 Å². The molecule has 0 aromatic carbocycles. The maximum absolute atomic E-state index is 12.5. The lowest BCUT2D eigenvalue weighted by atomic mass is 9.88. The molecule has 2 aliphatic rings. The summed E-state index contributed by atoms with van der Waals surface area (Å²) in [7, 11) is 0. The Morgan fingerprint density at radius 2 is 1.83 bits per heavy atom. The van der Waals surface area contributed by atoms with Gasteiger partial charge in [0.05, 0.1) is 18.1 Å². The van der Waals surface area contributed by atoms with Gasteiger partial charge in [0, 0.05) is 6.04 Å². The van der Waals surface area contributed by atoms with Crippen LogP contribution in [0.25, 0.3) is 0 Å². The van der Waals surface area contributed by atoms with Crippen LogP contribution in [0, 0.1) is 11.8 Å². The van der Waals surface area contributed by atoms with E-state index >= 15 is 0 Å². The minimum Gasteiger partial charge on any atom is -0.480 e. The van der Waals surface area contributed by atoms with Gasteiger partial charge < -0.3 is 14.7 Å². The van der Waals surface area contributed by atoms with Crippen LogP contribution in [0.2, 0.25) is 0 Å². The number of ether oxygens (including phenoxy) is 1. The molecule has 1 saturated carbocycles. The molecule has 0 radical (unpaired) electrons. The minimum atomic E-state index is -0.942. The zero-order valence-corrected chi connectivity index (χ0v) is 11.1. The molecule has 1 amide bonds. The zero-order chi connectivity index (χ0) is 13.4. The van der Waals surface area contributed by atoms with Gasteiger partial charge in [0.1, 0.15) is 6.54 Å². The molecule has 4 atom stereocenters. The molecule has 0 spiro atoms. The van der Waals surface area contributed by atoms with Crippen LogP contribution in [-0.4, -0.2) is 46.7 Å². The van der Waals surface area contributed by atoms with Crippen LogP contribution >= 0.6 is 0 Å². The Hall–Kier alpha value is -1.10. The quantitative estimate of drug-likeness (QED) is 0.817. The molecule has 18 heavy (non-hydrogen) atoms. The number of nitrogens with zero attached hydrogens (tertiary/aromatic N) is 1. The predicted octanol–water partition coefficient (Wildman–Crippen LogP) is 1.12. The van der Waals surface area contributed by atoms with Crippen molar-refractivity contribution in [2.45, 2.75) is 51.9 Å². The molecular formula is C13H21NO4. The van der Waals surface area contributed by atoms with Crippen LogP contribution in [0.1, 0.15) is 33.6 Å². The van der Waals surface area contributed by atoms with Gasteiger partial charge in [-0.2, -0.15) is 0 Å². The molecule has 1 N–H and O–H groups in total. The fourth-order valence-electron chi connectivity index (χ4n) is 2.80. The summed E-state index contributed by atoms with van der Waals surface area (Å²) < 4.78 is 5.67. The van der Waals surface area contributed by atoms with Gasteiger partial charge >= 0.3 is 5.97 Å². The smallest absolute Gasteiger partial charge is 0.323 e. The van der Waals surface area contributed by atoms with Crippen molar-refractivity contribution in [2.24, 2.45) is 11.8 Å². The Balaban J connectivity index is 2.10. The lowest BCUT2D eigenvalue weighted by molar-refractivity contribution is -0.148. The molecule has 2 rings (SSSR count). The first kappa shape index (κ1) is 13.3. The van der Waals surface area contributed by atoms with E-state index in [0.29, 0.717) is 0 Å². The molecule has 5 nitrogen and oxygen atoms in total. The Morgan fingerprint density at radius 1 is 1.22 bits per heavy atom. The molecule has 1 saturated heterocycles. The van der Waals surface area contributed by atoms with Crippen molar-refractivity contribution in [2.75, 3.05) is 6.54 Å². The molecule has 0 aromatic heterocycles. The van der Waals surface area contributed by atoms with E-state index in [4.69, 9.17) is 9.84 Å². The Kier molecular flexibility index (Phi) is 3.61. The monoisotopic (exact) mass is 255 g/mol. The van der Waals surface area contributed by atoms with Gasteiger partial charge in [-0.3, -0.25) is 9.59 Å². The van der Waals surface area contributed by atoms with E-state index in [1.165, 1.54) is 4.90 Å². The third-order valence-corrected chi connectivity index (χ3v) is 4.10. The Bertz CT molecular complexity index is 353.